The molecule has 0 amide bonds. The molecule has 1 aromatic heterocycles. The van der Waals surface area contributed by atoms with Crippen LogP contribution in [0.15, 0.2) is 29.1 Å². The molecule has 0 unspecified atom stereocenters. The van der Waals surface area contributed by atoms with E-state index in [1.807, 2.05) is 0 Å². The second-order valence-corrected chi connectivity index (χ2v) is 4.28. The first-order valence-corrected chi connectivity index (χ1v) is 5.75. The number of nitrogens with two attached hydrogens (primary N) is 2. The van der Waals surface area contributed by atoms with Gasteiger partial charge in [0.2, 0.25) is 0 Å². The molecule has 0 fully saturated rings. The molecule has 0 aliphatic heterocycles. The number of nitrogens with zero attached hydrogens (tertiary/aromatic N) is 2. The highest BCUT2D eigenvalue weighted by Crippen LogP contribution is 2.33. The minimum Gasteiger partial charge on any atom is -0.397 e. The summed E-state index contributed by atoms with van der Waals surface area (Å²) in [5.41, 5.74) is 5.41. The monoisotopic (exact) mass is 312 g/mol. The van der Waals surface area contributed by atoms with E-state index in [-0.39, 0.29) is 10.3 Å². The van der Waals surface area contributed by atoms with E-state index >= 15 is 0 Å². The van der Waals surface area contributed by atoms with Gasteiger partial charge >= 0.3 is 6.18 Å². The van der Waals surface area contributed by atoms with Crippen LogP contribution in [0.2, 0.25) is 0 Å². The van der Waals surface area contributed by atoms with E-state index in [1.165, 1.54) is 12.1 Å². The third-order valence-corrected chi connectivity index (χ3v) is 2.90. The van der Waals surface area contributed by atoms with Crippen molar-refractivity contribution in [3.63, 3.8) is 0 Å². The van der Waals surface area contributed by atoms with E-state index in [4.69, 9.17) is 16.7 Å². The average Bonchev–Trinajstić information content (AvgIpc) is 2.42. The first kappa shape index (κ1) is 15.4. The Balaban J connectivity index is 3.02. The number of nitrogen functional groups attached to an aromatic ring is 2. The molecule has 4 N–H and O–H groups in total. The summed E-state index contributed by atoms with van der Waals surface area (Å²) >= 11 is 0. The van der Waals surface area contributed by atoms with Crippen molar-refractivity contribution < 1.29 is 17.6 Å². The van der Waals surface area contributed by atoms with Crippen LogP contribution in [0.1, 0.15) is 11.3 Å². The van der Waals surface area contributed by atoms with Gasteiger partial charge in [0, 0.05) is 0 Å². The molecule has 0 aliphatic carbocycles. The molecular formula is C13H8F4N4O. The highest BCUT2D eigenvalue weighted by atomic mass is 19.4. The zero-order valence-electron chi connectivity index (χ0n) is 10.8. The summed E-state index contributed by atoms with van der Waals surface area (Å²) in [6.07, 6.45) is -5.02. The van der Waals surface area contributed by atoms with E-state index in [9.17, 15) is 22.4 Å². The highest BCUT2D eigenvalue weighted by molar-refractivity contribution is 5.62. The Morgan fingerprint density at radius 2 is 1.86 bits per heavy atom. The summed E-state index contributed by atoms with van der Waals surface area (Å²) in [7, 11) is 0. The van der Waals surface area contributed by atoms with E-state index in [1.54, 1.807) is 0 Å². The lowest BCUT2D eigenvalue weighted by Crippen LogP contribution is -2.30. The van der Waals surface area contributed by atoms with Crippen LogP contribution in [0.5, 0.6) is 0 Å². The van der Waals surface area contributed by atoms with E-state index in [2.05, 4.69) is 0 Å². The Morgan fingerprint density at radius 1 is 1.23 bits per heavy atom. The highest BCUT2D eigenvalue weighted by Gasteiger charge is 2.37. The predicted molar refractivity (Wildman–Crippen MR) is 70.5 cm³/mol. The molecule has 0 spiro atoms. The van der Waals surface area contributed by atoms with E-state index in [0.717, 1.165) is 12.1 Å². The number of rotatable bonds is 1. The standard InChI is InChI=1S/C13H8F4N4O/c14-7-2-1-3-8(19)11(7)21-9(13(15,16)17)4-6(5-18)10(20)12(21)22/h1-4H,19-20H2. The van der Waals surface area contributed by atoms with Gasteiger partial charge in [-0.25, -0.2) is 4.39 Å². The van der Waals surface area contributed by atoms with Crippen molar-refractivity contribution in [1.29, 1.82) is 5.26 Å². The van der Waals surface area contributed by atoms with Crippen molar-refractivity contribution in [2.24, 2.45) is 0 Å². The first-order chi connectivity index (χ1) is 10.2. The lowest BCUT2D eigenvalue weighted by Gasteiger charge is -2.18. The van der Waals surface area contributed by atoms with Gasteiger partial charge in [-0.1, -0.05) is 6.07 Å². The zero-order valence-corrected chi connectivity index (χ0v) is 10.8. The second kappa shape index (κ2) is 5.07. The number of benzene rings is 1. The minimum atomic E-state index is -5.02. The number of aromatic nitrogens is 1. The predicted octanol–water partition coefficient (Wildman–Crippen LogP) is 2.03. The topological polar surface area (TPSA) is 97.8 Å². The molecule has 9 heteroatoms. The third-order valence-electron chi connectivity index (χ3n) is 2.90. The van der Waals surface area contributed by atoms with Crippen molar-refractivity contribution in [2.75, 3.05) is 11.5 Å². The molecule has 2 rings (SSSR count). The Morgan fingerprint density at radius 3 is 2.36 bits per heavy atom. The number of nitriles is 1. The van der Waals surface area contributed by atoms with Gasteiger partial charge in [0.25, 0.3) is 5.56 Å². The summed E-state index contributed by atoms with van der Waals surface area (Å²) < 4.78 is 53.4. The third kappa shape index (κ3) is 2.35. The lowest BCUT2D eigenvalue weighted by molar-refractivity contribution is -0.142. The van der Waals surface area contributed by atoms with Gasteiger partial charge < -0.3 is 11.5 Å². The number of hydrogen-bond acceptors (Lipinski definition) is 4. The van der Waals surface area contributed by atoms with Crippen molar-refractivity contribution in [1.82, 2.24) is 4.57 Å². The summed E-state index contributed by atoms with van der Waals surface area (Å²) in [5, 5.41) is 8.76. The SMILES string of the molecule is N#Cc1cc(C(F)(F)F)n(-c2c(N)cccc2F)c(=O)c1N. The van der Waals surface area contributed by atoms with Gasteiger partial charge in [-0.05, 0) is 18.2 Å². The first-order valence-electron chi connectivity index (χ1n) is 5.75. The molecule has 0 radical (unpaired) electrons. The van der Waals surface area contributed by atoms with Gasteiger partial charge in [-0.15, -0.1) is 0 Å². The van der Waals surface area contributed by atoms with E-state index < -0.39 is 40.2 Å². The Bertz CT molecular complexity index is 829. The van der Waals surface area contributed by atoms with Crippen LogP contribution in [-0.2, 0) is 6.18 Å². The van der Waals surface area contributed by atoms with Gasteiger partial charge in [0.05, 0.1) is 11.3 Å². The summed E-state index contributed by atoms with van der Waals surface area (Å²) in [4.78, 5) is 12.1. The van der Waals surface area contributed by atoms with Crippen LogP contribution < -0.4 is 17.0 Å². The molecule has 1 aromatic carbocycles. The van der Waals surface area contributed by atoms with Crippen molar-refractivity contribution >= 4 is 11.4 Å². The average molecular weight is 312 g/mol. The molecule has 0 atom stereocenters. The van der Waals surface area contributed by atoms with Gasteiger partial charge in [-0.2, -0.15) is 18.4 Å². The Hall–Kier alpha value is -3.02. The van der Waals surface area contributed by atoms with Crippen LogP contribution in [0, 0.1) is 17.1 Å². The quantitative estimate of drug-likeness (QED) is 0.622. The molecule has 0 saturated carbocycles. The maximum atomic E-state index is 13.9. The minimum absolute atomic E-state index is 0.0286. The van der Waals surface area contributed by atoms with Crippen molar-refractivity contribution in [2.45, 2.75) is 6.18 Å². The normalized spacial score (nSPS) is 11.2. The fourth-order valence-electron chi connectivity index (χ4n) is 1.92. The molecule has 0 bridgehead atoms. The van der Waals surface area contributed by atoms with Crippen molar-refractivity contribution in [3.8, 4) is 11.8 Å². The molecule has 0 saturated heterocycles. The summed E-state index contributed by atoms with van der Waals surface area (Å²) in [6.45, 7) is 0. The maximum absolute atomic E-state index is 13.9. The van der Waals surface area contributed by atoms with Gasteiger partial charge in [0.15, 0.2) is 0 Å². The molecule has 114 valence electrons. The fraction of sp³-hybridized carbons (Fsp3) is 0.0769. The second-order valence-electron chi connectivity index (χ2n) is 4.28. The zero-order chi connectivity index (χ0) is 16.7. The van der Waals surface area contributed by atoms with Crippen LogP contribution >= 0.6 is 0 Å². The molecule has 5 nitrogen and oxygen atoms in total. The lowest BCUT2D eigenvalue weighted by atomic mass is 10.1. The number of pyridine rings is 1. The fourth-order valence-corrected chi connectivity index (χ4v) is 1.92. The van der Waals surface area contributed by atoms with Crippen LogP contribution in [0.3, 0.4) is 0 Å². The summed E-state index contributed by atoms with van der Waals surface area (Å²) in [6, 6.07) is 4.94. The Kier molecular flexibility index (Phi) is 3.54. The van der Waals surface area contributed by atoms with Crippen LogP contribution in [0.25, 0.3) is 5.69 Å². The number of halogens is 4. The number of hydrogen-bond donors (Lipinski definition) is 2. The van der Waals surface area contributed by atoms with Crippen LogP contribution in [0.4, 0.5) is 28.9 Å². The van der Waals surface area contributed by atoms with Crippen molar-refractivity contribution in [3.05, 3.63) is 51.7 Å². The Labute approximate surface area is 121 Å². The van der Waals surface area contributed by atoms with Crippen LogP contribution in [-0.4, -0.2) is 4.57 Å². The molecule has 1 heterocycles. The smallest absolute Gasteiger partial charge is 0.397 e. The maximum Gasteiger partial charge on any atom is 0.431 e. The molecule has 0 aliphatic rings. The summed E-state index contributed by atoms with van der Waals surface area (Å²) in [5.74, 6) is -1.13. The number of para-hydroxylation sites is 1. The van der Waals surface area contributed by atoms with Gasteiger partial charge in [-0.3, -0.25) is 9.36 Å². The van der Waals surface area contributed by atoms with Gasteiger partial charge in [0.1, 0.15) is 29.0 Å². The number of anilines is 2. The number of alkyl halides is 3. The molecule has 22 heavy (non-hydrogen) atoms. The largest absolute Gasteiger partial charge is 0.431 e. The van der Waals surface area contributed by atoms with E-state index in [0.29, 0.717) is 6.07 Å². The molecule has 2 aromatic rings. The molecular weight excluding hydrogens is 304 g/mol.